The summed E-state index contributed by atoms with van der Waals surface area (Å²) >= 11 is 0. The van der Waals surface area contributed by atoms with Crippen molar-refractivity contribution in [3.8, 4) is 0 Å². The summed E-state index contributed by atoms with van der Waals surface area (Å²) in [5.41, 5.74) is -0.399. The average molecular weight is 276 g/mol. The fraction of sp³-hybridized carbons (Fsp3) is 0. The molecule has 0 amide bonds. The SMILES string of the molecule is O=C(c1cc2ccccc2o1)c1c(F)cc(F)cc1F. The molecule has 0 atom stereocenters. The van der Waals surface area contributed by atoms with Crippen LogP contribution in [0, 0.1) is 17.5 Å². The highest BCUT2D eigenvalue weighted by atomic mass is 19.1. The summed E-state index contributed by atoms with van der Waals surface area (Å²) < 4.78 is 45.2. The number of benzene rings is 2. The molecule has 0 bridgehead atoms. The van der Waals surface area contributed by atoms with Gasteiger partial charge < -0.3 is 4.42 Å². The fourth-order valence-corrected chi connectivity index (χ4v) is 1.98. The molecule has 0 saturated carbocycles. The lowest BCUT2D eigenvalue weighted by molar-refractivity contribution is 0.100. The van der Waals surface area contributed by atoms with Gasteiger partial charge in [0.05, 0.1) is 5.56 Å². The summed E-state index contributed by atoms with van der Waals surface area (Å²) in [7, 11) is 0. The van der Waals surface area contributed by atoms with Gasteiger partial charge in [-0.05, 0) is 12.1 Å². The first-order valence-electron chi connectivity index (χ1n) is 5.74. The number of fused-ring (bicyclic) bond motifs is 1. The van der Waals surface area contributed by atoms with Crippen molar-refractivity contribution in [3.63, 3.8) is 0 Å². The van der Waals surface area contributed by atoms with Crippen LogP contribution in [0.5, 0.6) is 0 Å². The minimum absolute atomic E-state index is 0.199. The predicted octanol–water partition coefficient (Wildman–Crippen LogP) is 4.08. The van der Waals surface area contributed by atoms with E-state index in [1.807, 2.05) is 0 Å². The molecule has 0 spiro atoms. The van der Waals surface area contributed by atoms with Crippen LogP contribution in [0.2, 0.25) is 0 Å². The molecule has 100 valence electrons. The van der Waals surface area contributed by atoms with Crippen LogP contribution in [0.15, 0.2) is 46.9 Å². The largest absolute Gasteiger partial charge is 0.453 e. The first-order valence-corrected chi connectivity index (χ1v) is 5.74. The first kappa shape index (κ1) is 12.5. The highest BCUT2D eigenvalue weighted by Crippen LogP contribution is 2.24. The van der Waals surface area contributed by atoms with Crippen LogP contribution >= 0.6 is 0 Å². The Labute approximate surface area is 111 Å². The zero-order valence-electron chi connectivity index (χ0n) is 9.99. The highest BCUT2D eigenvalue weighted by molar-refractivity contribution is 6.09. The third kappa shape index (κ3) is 1.97. The lowest BCUT2D eigenvalue weighted by Crippen LogP contribution is -2.07. The number of hydrogen-bond donors (Lipinski definition) is 0. The molecule has 0 unspecified atom stereocenters. The van der Waals surface area contributed by atoms with Gasteiger partial charge in [-0.15, -0.1) is 0 Å². The normalized spacial score (nSPS) is 10.9. The summed E-state index contributed by atoms with van der Waals surface area (Å²) in [6, 6.07) is 9.08. The summed E-state index contributed by atoms with van der Waals surface area (Å²) in [5, 5.41) is 0.638. The van der Waals surface area contributed by atoms with Gasteiger partial charge in [0.2, 0.25) is 5.78 Å². The molecule has 0 radical (unpaired) electrons. The number of hydrogen-bond acceptors (Lipinski definition) is 2. The second kappa shape index (κ2) is 4.52. The standard InChI is InChI=1S/C15H7F3O2/c16-9-6-10(17)14(11(18)7-9)15(19)13-5-8-3-1-2-4-12(8)20-13/h1-7H. The summed E-state index contributed by atoms with van der Waals surface area (Å²) in [5.74, 6) is -4.76. The van der Waals surface area contributed by atoms with Crippen LogP contribution in [0.1, 0.15) is 16.1 Å². The van der Waals surface area contributed by atoms with Gasteiger partial charge in [0.15, 0.2) is 5.76 Å². The minimum atomic E-state index is -1.26. The van der Waals surface area contributed by atoms with E-state index in [9.17, 15) is 18.0 Å². The number of rotatable bonds is 2. The lowest BCUT2D eigenvalue weighted by atomic mass is 10.1. The van der Waals surface area contributed by atoms with E-state index in [1.165, 1.54) is 6.07 Å². The topological polar surface area (TPSA) is 30.2 Å². The maximum atomic E-state index is 13.6. The van der Waals surface area contributed by atoms with E-state index in [-0.39, 0.29) is 5.76 Å². The third-order valence-electron chi connectivity index (χ3n) is 2.88. The monoisotopic (exact) mass is 276 g/mol. The number of furan rings is 1. The van der Waals surface area contributed by atoms with Gasteiger partial charge >= 0.3 is 0 Å². The van der Waals surface area contributed by atoms with Crippen LogP contribution < -0.4 is 0 Å². The molecular formula is C15H7F3O2. The lowest BCUT2D eigenvalue weighted by Gasteiger charge is -2.02. The van der Waals surface area contributed by atoms with Crippen molar-refractivity contribution >= 4 is 16.8 Å². The first-order chi connectivity index (χ1) is 9.56. The van der Waals surface area contributed by atoms with Crippen molar-refractivity contribution in [1.29, 1.82) is 0 Å². The van der Waals surface area contributed by atoms with E-state index < -0.39 is 28.8 Å². The molecule has 0 N–H and O–H groups in total. The highest BCUT2D eigenvalue weighted by Gasteiger charge is 2.23. The smallest absolute Gasteiger partial charge is 0.234 e. The van der Waals surface area contributed by atoms with Crippen molar-refractivity contribution in [2.45, 2.75) is 0 Å². The molecular weight excluding hydrogens is 269 g/mol. The van der Waals surface area contributed by atoms with E-state index in [0.717, 1.165) is 0 Å². The van der Waals surface area contributed by atoms with Crippen LogP contribution in [0.4, 0.5) is 13.2 Å². The Balaban J connectivity index is 2.13. The fourth-order valence-electron chi connectivity index (χ4n) is 1.98. The van der Waals surface area contributed by atoms with Crippen LogP contribution in [0.3, 0.4) is 0 Å². The van der Waals surface area contributed by atoms with Gasteiger partial charge in [-0.25, -0.2) is 13.2 Å². The van der Waals surface area contributed by atoms with Crippen LogP contribution in [0.25, 0.3) is 11.0 Å². The van der Waals surface area contributed by atoms with Gasteiger partial charge in [-0.3, -0.25) is 4.79 Å². The molecule has 1 heterocycles. The van der Waals surface area contributed by atoms with Gasteiger partial charge in [0, 0.05) is 17.5 Å². The van der Waals surface area contributed by atoms with Crippen molar-refractivity contribution in [3.05, 3.63) is 71.2 Å². The second-order valence-electron chi connectivity index (χ2n) is 4.22. The Kier molecular flexibility index (Phi) is 2.82. The van der Waals surface area contributed by atoms with Gasteiger partial charge in [-0.1, -0.05) is 18.2 Å². The summed E-state index contributed by atoms with van der Waals surface area (Å²) in [4.78, 5) is 12.1. The second-order valence-corrected chi connectivity index (χ2v) is 4.22. The predicted molar refractivity (Wildman–Crippen MR) is 66.0 cm³/mol. The van der Waals surface area contributed by atoms with E-state index in [4.69, 9.17) is 4.42 Å². The van der Waals surface area contributed by atoms with Gasteiger partial charge in [0.25, 0.3) is 0 Å². The molecule has 1 aromatic heterocycles. The quantitative estimate of drug-likeness (QED) is 0.660. The van der Waals surface area contributed by atoms with E-state index in [0.29, 0.717) is 23.1 Å². The van der Waals surface area contributed by atoms with Gasteiger partial charge in [-0.2, -0.15) is 0 Å². The number of ketones is 1. The summed E-state index contributed by atoms with van der Waals surface area (Å²) in [6.07, 6.45) is 0. The Bertz CT molecular complexity index is 765. The number of para-hydroxylation sites is 1. The molecule has 0 aliphatic carbocycles. The zero-order valence-corrected chi connectivity index (χ0v) is 9.99. The maximum absolute atomic E-state index is 13.6. The molecule has 5 heteroatoms. The van der Waals surface area contributed by atoms with E-state index in [2.05, 4.69) is 0 Å². The molecule has 3 aromatic rings. The zero-order chi connectivity index (χ0) is 14.3. The number of carbonyl (C=O) groups excluding carboxylic acids is 1. The molecule has 2 nitrogen and oxygen atoms in total. The number of halogens is 3. The molecule has 20 heavy (non-hydrogen) atoms. The Hall–Kier alpha value is -2.56. The third-order valence-corrected chi connectivity index (χ3v) is 2.88. The molecule has 0 fully saturated rings. The minimum Gasteiger partial charge on any atom is -0.453 e. The average Bonchev–Trinajstić information content (AvgIpc) is 2.81. The van der Waals surface area contributed by atoms with Crippen molar-refractivity contribution in [2.75, 3.05) is 0 Å². The van der Waals surface area contributed by atoms with E-state index in [1.54, 1.807) is 24.3 Å². The summed E-state index contributed by atoms with van der Waals surface area (Å²) in [6.45, 7) is 0. The van der Waals surface area contributed by atoms with E-state index >= 15 is 0 Å². The van der Waals surface area contributed by atoms with Crippen molar-refractivity contribution in [2.24, 2.45) is 0 Å². The van der Waals surface area contributed by atoms with Gasteiger partial charge in [0.1, 0.15) is 23.0 Å². The molecule has 0 aliphatic heterocycles. The number of carbonyl (C=O) groups is 1. The maximum Gasteiger partial charge on any atom is 0.234 e. The Morgan fingerprint density at radius 2 is 1.60 bits per heavy atom. The molecule has 0 saturated heterocycles. The van der Waals surface area contributed by atoms with Crippen LogP contribution in [-0.4, -0.2) is 5.78 Å². The Morgan fingerprint density at radius 3 is 2.25 bits per heavy atom. The molecule has 2 aromatic carbocycles. The van der Waals surface area contributed by atoms with Crippen molar-refractivity contribution in [1.82, 2.24) is 0 Å². The van der Waals surface area contributed by atoms with Crippen molar-refractivity contribution < 1.29 is 22.4 Å². The molecule has 0 aliphatic rings. The molecule has 3 rings (SSSR count). The van der Waals surface area contributed by atoms with Crippen LogP contribution in [-0.2, 0) is 0 Å². The Morgan fingerprint density at radius 1 is 0.950 bits per heavy atom.